The van der Waals surface area contributed by atoms with Gasteiger partial charge in [0.05, 0.1) is 7.05 Å². The highest BCUT2D eigenvalue weighted by Gasteiger charge is 2.76. The van der Waals surface area contributed by atoms with Gasteiger partial charge in [0.25, 0.3) is 0 Å². The van der Waals surface area contributed by atoms with Gasteiger partial charge in [-0.1, -0.05) is 0 Å². The maximum atomic E-state index is 11.1. The van der Waals surface area contributed by atoms with Gasteiger partial charge in [0.2, 0.25) is 0 Å². The van der Waals surface area contributed by atoms with Crippen molar-refractivity contribution in [2.24, 2.45) is 23.2 Å². The molecule has 3 unspecified atom stereocenters. The largest absolute Gasteiger partial charge is 0.600 e. The molecule has 5 bridgehead atoms. The Bertz CT molecular complexity index is 280. The Labute approximate surface area is 83.9 Å². The van der Waals surface area contributed by atoms with Crippen LogP contribution in [0.2, 0.25) is 0 Å². The Kier molecular flexibility index (Phi) is 1.18. The van der Waals surface area contributed by atoms with E-state index >= 15 is 0 Å². The smallest absolute Gasteiger partial charge is 0.129 e. The van der Waals surface area contributed by atoms with Gasteiger partial charge in [0, 0.05) is 0 Å². The number of rotatable bonds is 2. The van der Waals surface area contributed by atoms with Gasteiger partial charge >= 0.3 is 0 Å². The van der Waals surface area contributed by atoms with Crippen LogP contribution in [0.3, 0.4) is 0 Å². The van der Waals surface area contributed by atoms with Crippen molar-refractivity contribution in [3.8, 4) is 0 Å². The summed E-state index contributed by atoms with van der Waals surface area (Å²) < 4.78 is 0. The van der Waals surface area contributed by atoms with Gasteiger partial charge in [-0.2, -0.15) is 4.84 Å². The van der Waals surface area contributed by atoms with Crippen LogP contribution in [0, 0.1) is 28.4 Å². The van der Waals surface area contributed by atoms with Crippen LogP contribution in [0.25, 0.3) is 0 Å². The van der Waals surface area contributed by atoms with Crippen LogP contribution in [0.1, 0.15) is 32.1 Å². The summed E-state index contributed by atoms with van der Waals surface area (Å²) in [5.74, 6) is 2.87. The highest BCUT2D eigenvalue weighted by molar-refractivity contribution is 5.25. The van der Waals surface area contributed by atoms with E-state index in [4.69, 9.17) is 4.84 Å². The third-order valence-corrected chi connectivity index (χ3v) is 5.36. The first-order valence-corrected chi connectivity index (χ1v) is 5.82. The van der Waals surface area contributed by atoms with E-state index in [2.05, 4.69) is 0 Å². The standard InChI is InChI=1S/C11H17NO2/c1-12(13)14-11-4-7-2-10(6-11)3-8(5-11)9(7)10/h7-9,12H,2-6H2,1H3. The fourth-order valence-electron chi connectivity index (χ4n) is 5.63. The van der Waals surface area contributed by atoms with Gasteiger partial charge in [-0.15, -0.1) is 0 Å². The second-order valence-corrected chi connectivity index (χ2v) is 6.18. The zero-order chi connectivity index (χ0) is 9.55. The van der Waals surface area contributed by atoms with Gasteiger partial charge in [0.15, 0.2) is 0 Å². The van der Waals surface area contributed by atoms with Crippen LogP contribution in [0.4, 0.5) is 0 Å². The van der Waals surface area contributed by atoms with Gasteiger partial charge in [0.1, 0.15) is 5.60 Å². The number of hydrogen-bond donors (Lipinski definition) is 1. The number of nitrogens with one attached hydrogen (secondary N) is 1. The zero-order valence-electron chi connectivity index (χ0n) is 8.58. The van der Waals surface area contributed by atoms with Crippen molar-refractivity contribution in [1.82, 2.24) is 0 Å². The van der Waals surface area contributed by atoms with Crippen molar-refractivity contribution in [3.05, 3.63) is 5.21 Å². The predicted molar refractivity (Wildman–Crippen MR) is 50.1 cm³/mol. The molecule has 0 aliphatic heterocycles. The van der Waals surface area contributed by atoms with E-state index in [1.807, 2.05) is 0 Å². The molecule has 14 heavy (non-hydrogen) atoms. The number of hydroxylamine groups is 2. The molecule has 6 rings (SSSR count). The molecular formula is C11H17NO2. The maximum absolute atomic E-state index is 11.1. The summed E-state index contributed by atoms with van der Waals surface area (Å²) in [4.78, 5) is 5.62. The molecule has 6 fully saturated rings. The molecule has 0 heterocycles. The molecule has 3 nitrogen and oxygen atoms in total. The van der Waals surface area contributed by atoms with Gasteiger partial charge in [-0.25, -0.2) is 5.23 Å². The molecular weight excluding hydrogens is 178 g/mol. The summed E-state index contributed by atoms with van der Waals surface area (Å²) in [6, 6.07) is 0. The molecule has 1 N–H and O–H groups in total. The third kappa shape index (κ3) is 0.698. The van der Waals surface area contributed by atoms with Crippen LogP contribution in [-0.2, 0) is 4.84 Å². The second kappa shape index (κ2) is 2.04. The lowest BCUT2D eigenvalue weighted by Crippen LogP contribution is -3.05. The quantitative estimate of drug-likeness (QED) is 0.652. The van der Waals surface area contributed by atoms with Crippen molar-refractivity contribution >= 4 is 0 Å². The second-order valence-electron chi connectivity index (χ2n) is 6.18. The molecule has 0 aromatic carbocycles. The molecule has 0 radical (unpaired) electrons. The Hall–Kier alpha value is -0.120. The summed E-state index contributed by atoms with van der Waals surface area (Å²) in [5, 5.41) is 11.0. The fraction of sp³-hybridized carbons (Fsp3) is 1.00. The zero-order valence-corrected chi connectivity index (χ0v) is 8.58. The van der Waals surface area contributed by atoms with Gasteiger partial charge in [-0.05, 0) is 55.3 Å². The minimum atomic E-state index is -0.0689. The van der Waals surface area contributed by atoms with Crippen molar-refractivity contribution < 1.29 is 10.1 Å². The topological polar surface area (TPSA) is 36.7 Å². The molecule has 6 aliphatic rings. The average molecular weight is 195 g/mol. The summed E-state index contributed by atoms with van der Waals surface area (Å²) in [6.45, 7) is 0. The van der Waals surface area contributed by atoms with E-state index in [0.717, 1.165) is 17.8 Å². The molecule has 0 saturated heterocycles. The predicted octanol–water partition coefficient (Wildman–Crippen LogP) is 0.509. The average Bonchev–Trinajstić information content (AvgIpc) is 1.97. The Morgan fingerprint density at radius 1 is 1.21 bits per heavy atom. The lowest BCUT2D eigenvalue weighted by atomic mass is 9.27. The van der Waals surface area contributed by atoms with E-state index in [9.17, 15) is 5.21 Å². The maximum Gasteiger partial charge on any atom is 0.129 e. The molecule has 3 heteroatoms. The lowest BCUT2D eigenvalue weighted by molar-refractivity contribution is -1.05. The van der Waals surface area contributed by atoms with E-state index in [0.29, 0.717) is 5.41 Å². The van der Waals surface area contributed by atoms with E-state index in [1.165, 1.54) is 32.1 Å². The lowest BCUT2D eigenvalue weighted by Gasteiger charge is -2.79. The van der Waals surface area contributed by atoms with Crippen LogP contribution in [-0.4, -0.2) is 12.6 Å². The molecule has 0 aromatic rings. The molecule has 78 valence electrons. The highest BCUT2D eigenvalue weighted by atomic mass is 16.9. The third-order valence-electron chi connectivity index (χ3n) is 5.36. The van der Waals surface area contributed by atoms with Crippen LogP contribution in [0.15, 0.2) is 0 Å². The molecule has 3 atom stereocenters. The van der Waals surface area contributed by atoms with Crippen LogP contribution < -0.4 is 5.23 Å². The van der Waals surface area contributed by atoms with Crippen molar-refractivity contribution in [3.63, 3.8) is 0 Å². The Balaban J connectivity index is 1.65. The molecule has 0 amide bonds. The minimum Gasteiger partial charge on any atom is -0.600 e. The summed E-state index contributed by atoms with van der Waals surface area (Å²) >= 11 is 0. The summed E-state index contributed by atoms with van der Waals surface area (Å²) in [7, 11) is 1.56. The minimum absolute atomic E-state index is 0.00752. The van der Waals surface area contributed by atoms with Crippen molar-refractivity contribution in [2.75, 3.05) is 7.05 Å². The molecule has 6 saturated carbocycles. The van der Waals surface area contributed by atoms with Crippen molar-refractivity contribution in [2.45, 2.75) is 37.7 Å². The van der Waals surface area contributed by atoms with E-state index < -0.39 is 0 Å². The summed E-state index contributed by atoms with van der Waals surface area (Å²) in [6.07, 6.45) is 6.43. The first-order chi connectivity index (χ1) is 6.63. The van der Waals surface area contributed by atoms with E-state index in [1.54, 1.807) is 7.05 Å². The Morgan fingerprint density at radius 3 is 2.36 bits per heavy atom. The fourth-order valence-corrected chi connectivity index (χ4v) is 5.63. The summed E-state index contributed by atoms with van der Waals surface area (Å²) in [5.41, 5.74) is 0.647. The van der Waals surface area contributed by atoms with Crippen LogP contribution in [0.5, 0.6) is 0 Å². The SMILES string of the molecule is C[NH+]([O-])OC12CC3CC4(CC(C1)C34)C2. The van der Waals surface area contributed by atoms with Crippen LogP contribution >= 0.6 is 0 Å². The molecule has 1 spiro atoms. The van der Waals surface area contributed by atoms with E-state index in [-0.39, 0.29) is 10.8 Å². The first kappa shape index (κ1) is 8.08. The number of quaternary nitrogens is 1. The monoisotopic (exact) mass is 195 g/mol. The first-order valence-electron chi connectivity index (χ1n) is 5.82. The van der Waals surface area contributed by atoms with Crippen molar-refractivity contribution in [1.29, 1.82) is 0 Å². The molecule has 0 aromatic heterocycles. The molecule has 6 aliphatic carbocycles. The highest BCUT2D eigenvalue weighted by Crippen LogP contribution is 2.80. The number of hydrogen-bond acceptors (Lipinski definition) is 2. The van der Waals surface area contributed by atoms with Gasteiger partial charge < -0.3 is 5.21 Å². The van der Waals surface area contributed by atoms with Gasteiger partial charge in [-0.3, -0.25) is 0 Å². The Morgan fingerprint density at radius 2 is 1.86 bits per heavy atom. The normalized spacial score (nSPS) is 64.3.